The molecule has 0 atom stereocenters. The molecule has 1 N–H and O–H groups in total. The molecule has 0 radical (unpaired) electrons. The molecule has 6 nitrogen and oxygen atoms in total. The zero-order valence-corrected chi connectivity index (χ0v) is 19.2. The predicted octanol–water partition coefficient (Wildman–Crippen LogP) is 4.89. The van der Waals surface area contributed by atoms with Gasteiger partial charge in [-0.05, 0) is 29.8 Å². The number of amides is 1. The van der Waals surface area contributed by atoms with Gasteiger partial charge in [-0.3, -0.25) is 9.69 Å². The number of rotatable bonds is 8. The third-order valence-corrected chi connectivity index (χ3v) is 6.28. The highest BCUT2D eigenvalue weighted by atomic mass is 32.2. The number of aliphatic hydroxyl groups is 1. The molecule has 4 rings (SSSR count). The zero-order valence-electron chi connectivity index (χ0n) is 17.6. The summed E-state index contributed by atoms with van der Waals surface area (Å²) < 4.78 is 11.5. The van der Waals surface area contributed by atoms with Gasteiger partial charge in [-0.2, -0.15) is 0 Å². The minimum atomic E-state index is -0.437. The third kappa shape index (κ3) is 5.60. The largest absolute Gasteiger partial charge is 0.462 e. The number of esters is 1. The second-order valence-corrected chi connectivity index (χ2v) is 8.92. The zero-order chi connectivity index (χ0) is 23.2. The van der Waals surface area contributed by atoms with Gasteiger partial charge in [-0.25, -0.2) is 4.79 Å². The van der Waals surface area contributed by atoms with Gasteiger partial charge in [0.2, 0.25) is 0 Å². The summed E-state index contributed by atoms with van der Waals surface area (Å²) >= 11 is 6.66. The second kappa shape index (κ2) is 10.6. The van der Waals surface area contributed by atoms with Gasteiger partial charge in [0.25, 0.3) is 5.91 Å². The summed E-state index contributed by atoms with van der Waals surface area (Å²) in [6.45, 7) is 0.585. The van der Waals surface area contributed by atoms with Crippen molar-refractivity contribution in [3.8, 4) is 11.3 Å². The summed E-state index contributed by atoms with van der Waals surface area (Å²) in [6, 6.07) is 20.2. The minimum absolute atomic E-state index is 0.0237. The van der Waals surface area contributed by atoms with Gasteiger partial charge in [0, 0.05) is 24.7 Å². The first-order valence-electron chi connectivity index (χ1n) is 10.3. The first-order chi connectivity index (χ1) is 16.0. The van der Waals surface area contributed by atoms with Crippen molar-refractivity contribution < 1.29 is 23.8 Å². The van der Waals surface area contributed by atoms with Gasteiger partial charge in [-0.15, -0.1) is 0 Å². The first-order valence-corrected chi connectivity index (χ1v) is 11.5. The first kappa shape index (κ1) is 23.0. The van der Waals surface area contributed by atoms with Crippen LogP contribution >= 0.6 is 24.0 Å². The van der Waals surface area contributed by atoms with Crippen molar-refractivity contribution in [2.45, 2.75) is 13.0 Å². The summed E-state index contributed by atoms with van der Waals surface area (Å²) in [5.41, 5.74) is 2.22. The molecule has 1 aliphatic rings. The average Bonchev–Trinajstić information content (AvgIpc) is 3.40. The Morgan fingerprint density at radius 2 is 1.85 bits per heavy atom. The van der Waals surface area contributed by atoms with E-state index < -0.39 is 5.97 Å². The monoisotopic (exact) mass is 479 g/mol. The standard InChI is InChI=1S/C25H21NO5S2/c27-13-4-14-30-24(29)19-9-7-18(8-10-19)21-12-11-20(31-21)15-22-23(28)26(25(32)33-22)16-17-5-2-1-3-6-17/h1-3,5-12,15,27H,4,13-14,16H2/b22-15+. The van der Waals surface area contributed by atoms with Gasteiger partial charge >= 0.3 is 5.97 Å². The third-order valence-electron chi connectivity index (χ3n) is 4.90. The SMILES string of the molecule is O=C(OCCCO)c1ccc(-c2ccc(/C=C3/SC(=S)N(Cc4ccccc4)C3=O)o2)cc1. The van der Waals surface area contributed by atoms with Crippen LogP contribution in [-0.4, -0.2) is 39.4 Å². The molecule has 1 amide bonds. The van der Waals surface area contributed by atoms with E-state index in [0.29, 0.717) is 39.3 Å². The number of benzene rings is 2. The Labute approximate surface area is 200 Å². The van der Waals surface area contributed by atoms with E-state index in [0.717, 1.165) is 11.1 Å². The number of carbonyl (C=O) groups is 2. The molecule has 33 heavy (non-hydrogen) atoms. The average molecular weight is 480 g/mol. The maximum Gasteiger partial charge on any atom is 0.338 e. The molecular weight excluding hydrogens is 458 g/mol. The minimum Gasteiger partial charge on any atom is -0.462 e. The van der Waals surface area contributed by atoms with E-state index in [1.807, 2.05) is 36.4 Å². The smallest absolute Gasteiger partial charge is 0.338 e. The van der Waals surface area contributed by atoms with E-state index in [4.69, 9.17) is 26.5 Å². The number of furan rings is 1. The normalized spacial score (nSPS) is 14.8. The Morgan fingerprint density at radius 1 is 1.09 bits per heavy atom. The molecule has 1 aliphatic heterocycles. The summed E-state index contributed by atoms with van der Waals surface area (Å²) in [7, 11) is 0. The Morgan fingerprint density at radius 3 is 2.58 bits per heavy atom. The molecule has 3 aromatic rings. The molecule has 1 saturated heterocycles. The number of nitrogens with zero attached hydrogens (tertiary/aromatic N) is 1. The topological polar surface area (TPSA) is 80.0 Å². The van der Waals surface area contributed by atoms with E-state index in [1.165, 1.54) is 11.8 Å². The number of thiocarbonyl (C=S) groups is 1. The van der Waals surface area contributed by atoms with Crippen molar-refractivity contribution in [2.75, 3.05) is 13.2 Å². The molecule has 0 bridgehead atoms. The molecule has 168 valence electrons. The van der Waals surface area contributed by atoms with Crippen LogP contribution in [-0.2, 0) is 16.1 Å². The number of aliphatic hydroxyl groups excluding tert-OH is 1. The van der Waals surface area contributed by atoms with E-state index in [9.17, 15) is 9.59 Å². The molecule has 0 spiro atoms. The van der Waals surface area contributed by atoms with Crippen LogP contribution in [0.4, 0.5) is 0 Å². The highest BCUT2D eigenvalue weighted by molar-refractivity contribution is 8.26. The van der Waals surface area contributed by atoms with Crippen LogP contribution in [0.3, 0.4) is 0 Å². The van der Waals surface area contributed by atoms with Crippen LogP contribution in [0.25, 0.3) is 17.4 Å². The predicted molar refractivity (Wildman–Crippen MR) is 131 cm³/mol. The van der Waals surface area contributed by atoms with Crippen LogP contribution < -0.4 is 0 Å². The maximum atomic E-state index is 12.8. The Hall–Kier alpha value is -3.20. The van der Waals surface area contributed by atoms with E-state index >= 15 is 0 Å². The summed E-state index contributed by atoms with van der Waals surface area (Å²) in [6.07, 6.45) is 2.10. The molecule has 2 heterocycles. The molecule has 1 aromatic heterocycles. The fourth-order valence-electron chi connectivity index (χ4n) is 3.20. The lowest BCUT2D eigenvalue weighted by atomic mass is 10.1. The van der Waals surface area contributed by atoms with Crippen LogP contribution in [0.15, 0.2) is 76.1 Å². The van der Waals surface area contributed by atoms with E-state index in [-0.39, 0.29) is 19.1 Å². The Kier molecular flexibility index (Phi) is 7.39. The summed E-state index contributed by atoms with van der Waals surface area (Å²) in [5, 5.41) is 8.77. The van der Waals surface area contributed by atoms with E-state index in [1.54, 1.807) is 41.3 Å². The fourth-order valence-corrected chi connectivity index (χ4v) is 4.44. The van der Waals surface area contributed by atoms with Crippen molar-refractivity contribution in [3.63, 3.8) is 0 Å². The quantitative estimate of drug-likeness (QED) is 0.213. The van der Waals surface area contributed by atoms with Gasteiger partial charge in [0.1, 0.15) is 15.8 Å². The Bertz CT molecular complexity index is 1190. The summed E-state index contributed by atoms with van der Waals surface area (Å²) in [4.78, 5) is 26.9. The van der Waals surface area contributed by atoms with Crippen molar-refractivity contribution in [2.24, 2.45) is 0 Å². The molecular formula is C25H21NO5S2. The van der Waals surface area contributed by atoms with Crippen LogP contribution in [0, 0.1) is 0 Å². The highest BCUT2D eigenvalue weighted by Gasteiger charge is 2.32. The van der Waals surface area contributed by atoms with Crippen molar-refractivity contribution in [3.05, 3.63) is 88.5 Å². The van der Waals surface area contributed by atoms with Gasteiger partial charge in [0.15, 0.2) is 0 Å². The molecule has 0 saturated carbocycles. The molecule has 1 fully saturated rings. The van der Waals surface area contributed by atoms with Crippen LogP contribution in [0.1, 0.15) is 28.1 Å². The number of carbonyl (C=O) groups excluding carboxylic acids is 2. The van der Waals surface area contributed by atoms with Crippen molar-refractivity contribution in [1.29, 1.82) is 0 Å². The molecule has 8 heteroatoms. The van der Waals surface area contributed by atoms with Crippen molar-refractivity contribution >= 4 is 46.3 Å². The molecule has 2 aromatic carbocycles. The number of thioether (sulfide) groups is 1. The molecule has 0 aliphatic carbocycles. The lowest BCUT2D eigenvalue weighted by Crippen LogP contribution is -2.27. The van der Waals surface area contributed by atoms with Crippen LogP contribution in [0.2, 0.25) is 0 Å². The van der Waals surface area contributed by atoms with Gasteiger partial charge in [-0.1, -0.05) is 66.4 Å². The second-order valence-electron chi connectivity index (χ2n) is 7.25. The van der Waals surface area contributed by atoms with Gasteiger partial charge in [0.05, 0.1) is 23.6 Å². The lowest BCUT2D eigenvalue weighted by Gasteiger charge is -2.14. The van der Waals surface area contributed by atoms with Crippen LogP contribution in [0.5, 0.6) is 0 Å². The fraction of sp³-hybridized carbons (Fsp3) is 0.160. The Balaban J connectivity index is 1.43. The number of hydrogen-bond acceptors (Lipinski definition) is 7. The van der Waals surface area contributed by atoms with Gasteiger partial charge < -0.3 is 14.3 Å². The van der Waals surface area contributed by atoms with E-state index in [2.05, 4.69) is 0 Å². The number of ether oxygens (including phenoxy) is 1. The number of hydrogen-bond donors (Lipinski definition) is 1. The lowest BCUT2D eigenvalue weighted by molar-refractivity contribution is -0.122. The molecule has 0 unspecified atom stereocenters. The maximum absolute atomic E-state index is 12.8. The highest BCUT2D eigenvalue weighted by Crippen LogP contribution is 2.34. The van der Waals surface area contributed by atoms with Crippen molar-refractivity contribution in [1.82, 2.24) is 4.90 Å². The summed E-state index contributed by atoms with van der Waals surface area (Å²) in [5.74, 6) is 0.572.